The van der Waals surface area contributed by atoms with Gasteiger partial charge >= 0.3 is 0 Å². The quantitative estimate of drug-likeness (QED) is 0.838. The zero-order valence-corrected chi connectivity index (χ0v) is 10.6. The third-order valence-corrected chi connectivity index (χ3v) is 3.24. The molecule has 1 N–H and O–H groups in total. The Bertz CT molecular complexity index is 382. The van der Waals surface area contributed by atoms with E-state index in [0.717, 1.165) is 19.4 Å². The van der Waals surface area contributed by atoms with Gasteiger partial charge in [-0.25, -0.2) is 0 Å². The number of carbonyl (C=O) groups is 1. The molecule has 3 nitrogen and oxygen atoms in total. The second-order valence-electron chi connectivity index (χ2n) is 5.05. The van der Waals surface area contributed by atoms with Crippen LogP contribution in [0.2, 0.25) is 0 Å². The highest BCUT2D eigenvalue weighted by molar-refractivity contribution is 5.77. The Morgan fingerprint density at radius 1 is 1.29 bits per heavy atom. The maximum absolute atomic E-state index is 11.8. The Morgan fingerprint density at radius 3 is 2.47 bits per heavy atom. The zero-order chi connectivity index (χ0) is 12.3. The lowest BCUT2D eigenvalue weighted by Crippen LogP contribution is -2.36. The van der Waals surface area contributed by atoms with Crippen molar-refractivity contribution in [3.05, 3.63) is 35.9 Å². The molecular formula is C14H20N2O. The molecule has 0 aromatic heterocycles. The van der Waals surface area contributed by atoms with Gasteiger partial charge in [0.15, 0.2) is 0 Å². The van der Waals surface area contributed by atoms with E-state index in [1.165, 1.54) is 5.56 Å². The van der Waals surface area contributed by atoms with Gasteiger partial charge in [0.25, 0.3) is 0 Å². The van der Waals surface area contributed by atoms with E-state index in [1.807, 2.05) is 37.2 Å². The fraction of sp³-hybridized carbons (Fsp3) is 0.500. The van der Waals surface area contributed by atoms with E-state index in [1.54, 1.807) is 0 Å². The summed E-state index contributed by atoms with van der Waals surface area (Å²) in [5, 5.41) is 3.17. The Labute approximate surface area is 103 Å². The van der Waals surface area contributed by atoms with Crippen molar-refractivity contribution >= 4 is 5.91 Å². The van der Waals surface area contributed by atoms with Crippen molar-refractivity contribution in [2.75, 3.05) is 20.6 Å². The predicted octanol–water partition coefficient (Wildman–Crippen LogP) is 1.74. The van der Waals surface area contributed by atoms with Gasteiger partial charge in [-0.3, -0.25) is 4.79 Å². The number of benzene rings is 1. The molecule has 1 aliphatic carbocycles. The van der Waals surface area contributed by atoms with Crippen LogP contribution in [0.4, 0.5) is 0 Å². The number of hydrogen-bond acceptors (Lipinski definition) is 2. The van der Waals surface area contributed by atoms with E-state index in [0.29, 0.717) is 6.42 Å². The molecule has 2 rings (SSSR count). The SMILES string of the molecule is CN(C)CCC(=O)NC1(c2ccccc2)CC1. The molecule has 0 aliphatic heterocycles. The second kappa shape index (κ2) is 4.88. The second-order valence-corrected chi connectivity index (χ2v) is 5.05. The van der Waals surface area contributed by atoms with Crippen LogP contribution in [0.1, 0.15) is 24.8 Å². The normalized spacial score (nSPS) is 16.9. The average molecular weight is 232 g/mol. The maximum Gasteiger partial charge on any atom is 0.221 e. The van der Waals surface area contributed by atoms with Gasteiger partial charge in [0.2, 0.25) is 5.91 Å². The monoisotopic (exact) mass is 232 g/mol. The van der Waals surface area contributed by atoms with Crippen LogP contribution in [0.5, 0.6) is 0 Å². The largest absolute Gasteiger partial charge is 0.347 e. The molecule has 3 heteroatoms. The van der Waals surface area contributed by atoms with Gasteiger partial charge in [-0.15, -0.1) is 0 Å². The molecule has 1 fully saturated rings. The van der Waals surface area contributed by atoms with Crippen LogP contribution >= 0.6 is 0 Å². The van der Waals surface area contributed by atoms with Crippen LogP contribution in [0.3, 0.4) is 0 Å². The average Bonchev–Trinajstić information content (AvgIpc) is 3.09. The highest BCUT2D eigenvalue weighted by Gasteiger charge is 2.45. The fourth-order valence-electron chi connectivity index (χ4n) is 2.02. The van der Waals surface area contributed by atoms with Crippen LogP contribution < -0.4 is 5.32 Å². The van der Waals surface area contributed by atoms with E-state index in [4.69, 9.17) is 0 Å². The number of nitrogens with one attached hydrogen (secondary N) is 1. The molecule has 0 unspecified atom stereocenters. The molecule has 0 atom stereocenters. The lowest BCUT2D eigenvalue weighted by Gasteiger charge is -2.18. The van der Waals surface area contributed by atoms with E-state index in [-0.39, 0.29) is 11.4 Å². The van der Waals surface area contributed by atoms with Crippen molar-refractivity contribution in [3.8, 4) is 0 Å². The number of amides is 1. The Morgan fingerprint density at radius 2 is 1.94 bits per heavy atom. The van der Waals surface area contributed by atoms with Gasteiger partial charge < -0.3 is 10.2 Å². The van der Waals surface area contributed by atoms with E-state index in [9.17, 15) is 4.79 Å². The molecule has 1 amide bonds. The van der Waals surface area contributed by atoms with Gasteiger partial charge in [0.1, 0.15) is 0 Å². The van der Waals surface area contributed by atoms with Crippen molar-refractivity contribution in [1.82, 2.24) is 10.2 Å². The summed E-state index contributed by atoms with van der Waals surface area (Å²) < 4.78 is 0. The van der Waals surface area contributed by atoms with Crippen molar-refractivity contribution in [2.45, 2.75) is 24.8 Å². The fourth-order valence-corrected chi connectivity index (χ4v) is 2.02. The first kappa shape index (κ1) is 12.1. The van der Waals surface area contributed by atoms with Crippen molar-refractivity contribution in [3.63, 3.8) is 0 Å². The van der Waals surface area contributed by atoms with Crippen molar-refractivity contribution in [2.24, 2.45) is 0 Å². The zero-order valence-electron chi connectivity index (χ0n) is 10.6. The predicted molar refractivity (Wildman–Crippen MR) is 68.7 cm³/mol. The van der Waals surface area contributed by atoms with Gasteiger partial charge in [0.05, 0.1) is 5.54 Å². The Balaban J connectivity index is 1.93. The maximum atomic E-state index is 11.8. The molecule has 0 saturated heterocycles. The molecule has 0 bridgehead atoms. The van der Waals surface area contributed by atoms with Crippen molar-refractivity contribution in [1.29, 1.82) is 0 Å². The van der Waals surface area contributed by atoms with Crippen LogP contribution in [-0.2, 0) is 10.3 Å². The Hall–Kier alpha value is -1.35. The highest BCUT2D eigenvalue weighted by atomic mass is 16.1. The van der Waals surface area contributed by atoms with E-state index in [2.05, 4.69) is 17.4 Å². The lowest BCUT2D eigenvalue weighted by molar-refractivity contribution is -0.122. The molecule has 1 aliphatic rings. The summed E-state index contributed by atoms with van der Waals surface area (Å²) in [5.74, 6) is 0.153. The molecule has 1 aromatic rings. The molecule has 0 heterocycles. The highest BCUT2D eigenvalue weighted by Crippen LogP contribution is 2.45. The molecule has 92 valence electrons. The summed E-state index contributed by atoms with van der Waals surface area (Å²) in [7, 11) is 3.97. The number of nitrogens with zero attached hydrogens (tertiary/aromatic N) is 1. The summed E-state index contributed by atoms with van der Waals surface area (Å²) in [5.41, 5.74) is 1.17. The van der Waals surface area contributed by atoms with E-state index >= 15 is 0 Å². The Kier molecular flexibility index (Phi) is 3.48. The molecule has 1 saturated carbocycles. The van der Waals surface area contributed by atoms with Gasteiger partial charge in [-0.05, 0) is 32.5 Å². The molecule has 17 heavy (non-hydrogen) atoms. The minimum absolute atomic E-state index is 0.0648. The standard InChI is InChI=1S/C14H20N2O/c1-16(2)11-8-13(17)15-14(9-10-14)12-6-4-3-5-7-12/h3-7H,8-11H2,1-2H3,(H,15,17). The van der Waals surface area contributed by atoms with Crippen molar-refractivity contribution < 1.29 is 4.79 Å². The summed E-state index contributed by atoms with van der Waals surface area (Å²) in [6.07, 6.45) is 2.69. The minimum atomic E-state index is -0.0648. The minimum Gasteiger partial charge on any atom is -0.347 e. The summed E-state index contributed by atoms with van der Waals surface area (Å²) in [4.78, 5) is 13.9. The number of rotatable bonds is 5. The summed E-state index contributed by atoms with van der Waals surface area (Å²) in [6, 6.07) is 10.3. The van der Waals surface area contributed by atoms with Crippen LogP contribution in [-0.4, -0.2) is 31.4 Å². The number of carbonyl (C=O) groups excluding carboxylic acids is 1. The van der Waals surface area contributed by atoms with Gasteiger partial charge in [0, 0.05) is 13.0 Å². The molecule has 0 spiro atoms. The molecular weight excluding hydrogens is 212 g/mol. The molecule has 1 aromatic carbocycles. The smallest absolute Gasteiger partial charge is 0.221 e. The van der Waals surface area contributed by atoms with Gasteiger partial charge in [-0.1, -0.05) is 30.3 Å². The van der Waals surface area contributed by atoms with Crippen LogP contribution in [0.25, 0.3) is 0 Å². The topological polar surface area (TPSA) is 32.3 Å². The van der Waals surface area contributed by atoms with Gasteiger partial charge in [-0.2, -0.15) is 0 Å². The number of hydrogen-bond donors (Lipinski definition) is 1. The first-order chi connectivity index (χ1) is 8.12. The van der Waals surface area contributed by atoms with Crippen LogP contribution in [0, 0.1) is 0 Å². The summed E-state index contributed by atoms with van der Waals surface area (Å²) >= 11 is 0. The summed E-state index contributed by atoms with van der Waals surface area (Å²) in [6.45, 7) is 0.802. The third kappa shape index (κ3) is 3.07. The third-order valence-electron chi connectivity index (χ3n) is 3.24. The first-order valence-corrected chi connectivity index (χ1v) is 6.14. The first-order valence-electron chi connectivity index (χ1n) is 6.14. The van der Waals surface area contributed by atoms with E-state index < -0.39 is 0 Å². The lowest BCUT2D eigenvalue weighted by atomic mass is 10.0. The van der Waals surface area contributed by atoms with Crippen LogP contribution in [0.15, 0.2) is 30.3 Å². The molecule has 0 radical (unpaired) electrons.